The molecule has 0 amide bonds. The number of carbonyl (C=O) groups is 1. The number of fused-ring (bicyclic) bond motifs is 2. The number of aliphatic hydroxyl groups is 1. The van der Waals surface area contributed by atoms with Crippen molar-refractivity contribution in [3.63, 3.8) is 0 Å². The number of ether oxygens (including phenoxy) is 1. The molecule has 0 aromatic heterocycles. The SMILES string of the molecule is COC(=O)C1(Nc2cccc(Cl)c2)CCC2(CC1)c1ccccc1C[C@H]2C[C@@H](CO)c1ccccc1. The van der Waals surface area contributed by atoms with E-state index in [1.165, 1.54) is 23.8 Å². The Morgan fingerprint density at radius 3 is 2.44 bits per heavy atom. The highest BCUT2D eigenvalue weighted by molar-refractivity contribution is 6.30. The first-order valence-corrected chi connectivity index (χ1v) is 13.2. The standard InChI is InChI=1S/C31H34ClNO3/c1-36-29(35)31(33-27-12-7-11-26(32)20-27)16-14-30(15-17-31)25(18-23-10-5-6-13-28(23)30)19-24(21-34)22-8-3-2-4-9-22/h2-13,20,24-25,33-34H,14-19,21H2,1H3/t24-,25-,30?,31?/m0/s1. The van der Waals surface area contributed by atoms with Crippen LogP contribution in [0.4, 0.5) is 5.69 Å². The highest BCUT2D eigenvalue weighted by Crippen LogP contribution is 2.56. The molecule has 2 atom stereocenters. The first-order valence-electron chi connectivity index (χ1n) is 12.9. The lowest BCUT2D eigenvalue weighted by molar-refractivity contribution is -0.148. The molecule has 0 radical (unpaired) electrons. The van der Waals surface area contributed by atoms with E-state index < -0.39 is 5.54 Å². The van der Waals surface area contributed by atoms with Crippen molar-refractivity contribution in [2.45, 2.75) is 55.4 Å². The van der Waals surface area contributed by atoms with Gasteiger partial charge in [-0.15, -0.1) is 0 Å². The first kappa shape index (κ1) is 24.9. The molecule has 1 spiro atoms. The van der Waals surface area contributed by atoms with Crippen LogP contribution in [-0.4, -0.2) is 30.3 Å². The maximum absolute atomic E-state index is 13.2. The maximum Gasteiger partial charge on any atom is 0.331 e. The molecule has 2 N–H and O–H groups in total. The third-order valence-electron chi connectivity index (χ3n) is 8.64. The fourth-order valence-electron chi connectivity index (χ4n) is 6.78. The second-order valence-corrected chi connectivity index (χ2v) is 10.9. The van der Waals surface area contributed by atoms with Crippen molar-refractivity contribution < 1.29 is 14.6 Å². The van der Waals surface area contributed by atoms with Crippen LogP contribution >= 0.6 is 11.6 Å². The van der Waals surface area contributed by atoms with Crippen LogP contribution in [0.25, 0.3) is 0 Å². The first-order chi connectivity index (χ1) is 17.5. The minimum atomic E-state index is -0.789. The molecule has 1 fully saturated rings. The zero-order valence-electron chi connectivity index (χ0n) is 20.8. The lowest BCUT2D eigenvalue weighted by Crippen LogP contribution is -2.53. The average molecular weight is 504 g/mol. The van der Waals surface area contributed by atoms with E-state index in [9.17, 15) is 9.90 Å². The number of aliphatic hydroxyl groups excluding tert-OH is 1. The zero-order valence-corrected chi connectivity index (χ0v) is 21.5. The summed E-state index contributed by atoms with van der Waals surface area (Å²) >= 11 is 6.23. The van der Waals surface area contributed by atoms with Crippen LogP contribution in [0.2, 0.25) is 5.02 Å². The Bertz CT molecular complexity index is 1200. The predicted molar refractivity (Wildman–Crippen MR) is 144 cm³/mol. The quantitative estimate of drug-likeness (QED) is 0.360. The second-order valence-electron chi connectivity index (χ2n) is 10.4. The predicted octanol–water partition coefficient (Wildman–Crippen LogP) is 6.51. The fourth-order valence-corrected chi connectivity index (χ4v) is 6.97. The van der Waals surface area contributed by atoms with Crippen molar-refractivity contribution in [1.29, 1.82) is 0 Å². The van der Waals surface area contributed by atoms with E-state index in [0.29, 0.717) is 23.8 Å². The number of esters is 1. The fraction of sp³-hybridized carbons (Fsp3) is 0.387. The van der Waals surface area contributed by atoms with Gasteiger partial charge in [0, 0.05) is 23.2 Å². The van der Waals surface area contributed by atoms with Gasteiger partial charge in [0.15, 0.2) is 0 Å². The van der Waals surface area contributed by atoms with Gasteiger partial charge in [-0.3, -0.25) is 0 Å². The zero-order chi connectivity index (χ0) is 25.2. The maximum atomic E-state index is 13.2. The van der Waals surface area contributed by atoms with Crippen molar-refractivity contribution >= 4 is 23.3 Å². The monoisotopic (exact) mass is 503 g/mol. The molecule has 1 saturated carbocycles. The molecular formula is C31H34ClNO3. The van der Waals surface area contributed by atoms with Gasteiger partial charge in [-0.25, -0.2) is 4.79 Å². The Labute approximate surface area is 218 Å². The molecule has 0 bridgehead atoms. The van der Waals surface area contributed by atoms with E-state index in [1.54, 1.807) is 0 Å². The summed E-state index contributed by atoms with van der Waals surface area (Å²) in [5, 5.41) is 14.5. The Morgan fingerprint density at radius 2 is 1.75 bits per heavy atom. The van der Waals surface area contributed by atoms with Gasteiger partial charge in [-0.05, 0) is 84.7 Å². The molecule has 0 aliphatic heterocycles. The highest BCUT2D eigenvalue weighted by atomic mass is 35.5. The number of nitrogens with one attached hydrogen (secondary N) is 1. The molecule has 188 valence electrons. The Morgan fingerprint density at radius 1 is 1.03 bits per heavy atom. The van der Waals surface area contributed by atoms with Gasteiger partial charge in [-0.1, -0.05) is 72.3 Å². The van der Waals surface area contributed by atoms with Gasteiger partial charge in [0.2, 0.25) is 0 Å². The number of halogens is 1. The average Bonchev–Trinajstić information content (AvgIpc) is 3.21. The van der Waals surface area contributed by atoms with Gasteiger partial charge >= 0.3 is 5.97 Å². The summed E-state index contributed by atoms with van der Waals surface area (Å²) in [6.07, 6.45) is 5.03. The largest absolute Gasteiger partial charge is 0.467 e. The molecule has 4 nitrogen and oxygen atoms in total. The van der Waals surface area contributed by atoms with Crippen LogP contribution in [0.1, 0.15) is 54.7 Å². The lowest BCUT2D eigenvalue weighted by Gasteiger charge is -2.48. The minimum Gasteiger partial charge on any atom is -0.467 e. The number of carbonyl (C=O) groups excluding carboxylic acids is 1. The minimum absolute atomic E-state index is 0.0215. The topological polar surface area (TPSA) is 58.6 Å². The molecule has 5 heteroatoms. The summed E-state index contributed by atoms with van der Waals surface area (Å²) in [6, 6.07) is 26.7. The molecule has 3 aromatic carbocycles. The van der Waals surface area contributed by atoms with Gasteiger partial charge in [-0.2, -0.15) is 0 Å². The molecule has 2 aliphatic rings. The molecule has 3 aromatic rings. The van der Waals surface area contributed by atoms with E-state index in [1.807, 2.05) is 42.5 Å². The Hall–Kier alpha value is -2.82. The van der Waals surface area contributed by atoms with Gasteiger partial charge in [0.1, 0.15) is 5.54 Å². The summed E-state index contributed by atoms with van der Waals surface area (Å²) in [5.41, 5.74) is 4.03. The number of hydrogen-bond donors (Lipinski definition) is 2. The third-order valence-corrected chi connectivity index (χ3v) is 8.88. The Balaban J connectivity index is 1.45. The van der Waals surface area contributed by atoms with Crippen molar-refractivity contribution in [2.75, 3.05) is 19.0 Å². The van der Waals surface area contributed by atoms with Crippen molar-refractivity contribution in [2.24, 2.45) is 5.92 Å². The van der Waals surface area contributed by atoms with Gasteiger partial charge < -0.3 is 15.2 Å². The van der Waals surface area contributed by atoms with Gasteiger partial charge in [0.25, 0.3) is 0 Å². The smallest absolute Gasteiger partial charge is 0.331 e. The second kappa shape index (κ2) is 10.3. The lowest BCUT2D eigenvalue weighted by atomic mass is 9.59. The molecule has 2 aliphatic carbocycles. The van der Waals surface area contributed by atoms with Crippen molar-refractivity contribution in [1.82, 2.24) is 0 Å². The third kappa shape index (κ3) is 4.53. The summed E-state index contributed by atoms with van der Waals surface area (Å²) < 4.78 is 5.32. The van der Waals surface area contributed by atoms with Crippen LogP contribution < -0.4 is 5.32 Å². The van der Waals surface area contributed by atoms with Crippen molar-refractivity contribution in [3.05, 3.63) is 101 Å². The van der Waals surface area contributed by atoms with E-state index >= 15 is 0 Å². The number of benzene rings is 3. The molecular weight excluding hydrogens is 470 g/mol. The number of anilines is 1. The normalized spacial score (nSPS) is 25.8. The summed E-state index contributed by atoms with van der Waals surface area (Å²) in [6.45, 7) is 0.134. The van der Waals surface area contributed by atoms with Crippen LogP contribution in [0.15, 0.2) is 78.9 Å². The van der Waals surface area contributed by atoms with E-state index in [0.717, 1.165) is 31.4 Å². The van der Waals surface area contributed by atoms with Crippen molar-refractivity contribution in [3.8, 4) is 0 Å². The highest BCUT2D eigenvalue weighted by Gasteiger charge is 2.54. The molecule has 0 saturated heterocycles. The number of rotatable bonds is 7. The molecule has 0 unspecified atom stereocenters. The van der Waals surface area contributed by atoms with Crippen LogP contribution in [0.5, 0.6) is 0 Å². The number of hydrogen-bond acceptors (Lipinski definition) is 4. The molecule has 36 heavy (non-hydrogen) atoms. The summed E-state index contributed by atoms with van der Waals surface area (Å²) in [5.74, 6) is 0.269. The van der Waals surface area contributed by atoms with E-state index in [-0.39, 0.29) is 23.9 Å². The summed E-state index contributed by atoms with van der Waals surface area (Å²) in [4.78, 5) is 13.2. The van der Waals surface area contributed by atoms with Gasteiger partial charge in [0.05, 0.1) is 7.11 Å². The molecule has 0 heterocycles. The number of methoxy groups -OCH3 is 1. The van der Waals surface area contributed by atoms with Crippen LogP contribution in [-0.2, 0) is 21.4 Å². The summed E-state index contributed by atoms with van der Waals surface area (Å²) in [7, 11) is 1.47. The van der Waals surface area contributed by atoms with E-state index in [2.05, 4.69) is 41.7 Å². The Kier molecular flexibility index (Phi) is 7.09. The van der Waals surface area contributed by atoms with E-state index in [4.69, 9.17) is 16.3 Å². The van der Waals surface area contributed by atoms with Crippen LogP contribution in [0, 0.1) is 5.92 Å². The van der Waals surface area contributed by atoms with Crippen LogP contribution in [0.3, 0.4) is 0 Å². The molecule has 5 rings (SSSR count).